The highest BCUT2D eigenvalue weighted by atomic mass is 35.5. The van der Waals surface area contributed by atoms with Crippen LogP contribution >= 0.6 is 11.6 Å². The lowest BCUT2D eigenvalue weighted by Gasteiger charge is -2.00. The molecule has 0 aliphatic rings. The zero-order chi connectivity index (χ0) is 10.5. The molecule has 0 aliphatic heterocycles. The van der Waals surface area contributed by atoms with Gasteiger partial charge in [0.15, 0.2) is 12.7 Å². The molecule has 0 aliphatic carbocycles. The number of hydrogen-bond donors (Lipinski definition) is 0. The second-order valence-electron chi connectivity index (χ2n) is 3.31. The first kappa shape index (κ1) is 10.1. The first-order chi connectivity index (χ1) is 7.40. The maximum Gasteiger partial charge on any atom is 0.214 e. The van der Waals surface area contributed by atoms with Crippen molar-refractivity contribution < 1.29 is 4.57 Å². The number of nitrogens with zero attached hydrogens (tertiary/aromatic N) is 2. The zero-order valence-corrected chi connectivity index (χ0v) is 9.06. The lowest BCUT2D eigenvalue weighted by atomic mass is 10.2. The van der Waals surface area contributed by atoms with Crippen LogP contribution in [0.25, 0.3) is 0 Å². The highest BCUT2D eigenvalue weighted by Gasteiger charge is 2.08. The third-order valence-electron chi connectivity index (χ3n) is 2.26. The molecule has 0 saturated heterocycles. The SMILES string of the molecule is ClCc1cncc[n+]1Cc1ccccc1. The molecule has 2 nitrogen and oxygen atoms in total. The summed E-state index contributed by atoms with van der Waals surface area (Å²) in [6, 6.07) is 10.3. The van der Waals surface area contributed by atoms with Crippen molar-refractivity contribution in [2.75, 3.05) is 0 Å². The number of aromatic nitrogens is 2. The highest BCUT2D eigenvalue weighted by Crippen LogP contribution is 2.00. The van der Waals surface area contributed by atoms with Crippen LogP contribution in [0, 0.1) is 0 Å². The molecular formula is C12H12ClN2+. The Morgan fingerprint density at radius 2 is 2.00 bits per heavy atom. The molecule has 2 aromatic rings. The van der Waals surface area contributed by atoms with Crippen molar-refractivity contribution >= 4 is 11.6 Å². The van der Waals surface area contributed by atoms with Crippen LogP contribution in [-0.2, 0) is 12.4 Å². The van der Waals surface area contributed by atoms with Crippen LogP contribution in [0.5, 0.6) is 0 Å². The predicted octanol–water partition coefficient (Wildman–Crippen LogP) is 2.16. The molecule has 0 saturated carbocycles. The van der Waals surface area contributed by atoms with Crippen LogP contribution in [-0.4, -0.2) is 4.98 Å². The van der Waals surface area contributed by atoms with Crippen molar-refractivity contribution in [2.24, 2.45) is 0 Å². The Kier molecular flexibility index (Phi) is 3.30. The summed E-state index contributed by atoms with van der Waals surface area (Å²) in [5, 5.41) is 0. The van der Waals surface area contributed by atoms with Crippen LogP contribution < -0.4 is 4.57 Å². The van der Waals surface area contributed by atoms with E-state index in [2.05, 4.69) is 21.7 Å². The van der Waals surface area contributed by atoms with Crippen molar-refractivity contribution in [3.8, 4) is 0 Å². The Bertz CT molecular complexity index is 429. The van der Waals surface area contributed by atoms with Gasteiger partial charge in [0.05, 0.1) is 12.4 Å². The fourth-order valence-electron chi connectivity index (χ4n) is 1.46. The van der Waals surface area contributed by atoms with Crippen molar-refractivity contribution in [3.63, 3.8) is 0 Å². The number of benzene rings is 1. The summed E-state index contributed by atoms with van der Waals surface area (Å²) in [5.41, 5.74) is 2.29. The van der Waals surface area contributed by atoms with E-state index in [0.29, 0.717) is 5.88 Å². The van der Waals surface area contributed by atoms with Crippen LogP contribution in [0.1, 0.15) is 11.3 Å². The Labute approximate surface area is 94.2 Å². The summed E-state index contributed by atoms with van der Waals surface area (Å²) < 4.78 is 2.11. The summed E-state index contributed by atoms with van der Waals surface area (Å²) in [5.74, 6) is 0.487. The molecule has 1 aromatic carbocycles. The lowest BCUT2D eigenvalue weighted by molar-refractivity contribution is -0.695. The molecule has 15 heavy (non-hydrogen) atoms. The summed E-state index contributed by atoms with van der Waals surface area (Å²) in [4.78, 5) is 4.05. The minimum Gasteiger partial charge on any atom is -0.252 e. The van der Waals surface area contributed by atoms with E-state index in [9.17, 15) is 0 Å². The Morgan fingerprint density at radius 1 is 1.20 bits per heavy atom. The molecule has 0 fully saturated rings. The van der Waals surface area contributed by atoms with Gasteiger partial charge in [-0.15, -0.1) is 11.6 Å². The van der Waals surface area contributed by atoms with Crippen molar-refractivity contribution in [3.05, 3.63) is 60.2 Å². The van der Waals surface area contributed by atoms with Crippen LogP contribution in [0.4, 0.5) is 0 Å². The van der Waals surface area contributed by atoms with E-state index in [1.54, 1.807) is 12.4 Å². The predicted molar refractivity (Wildman–Crippen MR) is 59.5 cm³/mol. The second-order valence-corrected chi connectivity index (χ2v) is 3.58. The average Bonchev–Trinajstić information content (AvgIpc) is 2.31. The first-order valence-corrected chi connectivity index (χ1v) is 5.36. The summed E-state index contributed by atoms with van der Waals surface area (Å²) in [6.07, 6.45) is 5.53. The third-order valence-corrected chi connectivity index (χ3v) is 2.53. The van der Waals surface area contributed by atoms with Crippen LogP contribution in [0.3, 0.4) is 0 Å². The molecule has 0 amide bonds. The molecular weight excluding hydrogens is 208 g/mol. The molecule has 1 heterocycles. The van der Waals surface area contributed by atoms with Gasteiger partial charge in [0, 0.05) is 5.56 Å². The zero-order valence-electron chi connectivity index (χ0n) is 8.31. The van der Waals surface area contributed by atoms with E-state index in [0.717, 1.165) is 12.2 Å². The third kappa shape index (κ3) is 2.54. The van der Waals surface area contributed by atoms with Crippen molar-refractivity contribution in [2.45, 2.75) is 12.4 Å². The Hall–Kier alpha value is -1.41. The number of alkyl halides is 1. The van der Waals surface area contributed by atoms with Gasteiger partial charge in [-0.2, -0.15) is 4.57 Å². The van der Waals surface area contributed by atoms with Crippen molar-refractivity contribution in [1.29, 1.82) is 0 Å². The number of rotatable bonds is 3. The molecule has 0 radical (unpaired) electrons. The maximum atomic E-state index is 5.84. The standard InChI is InChI=1S/C12H12ClN2/c13-8-12-9-14-6-7-15(12)10-11-4-2-1-3-5-11/h1-7,9H,8,10H2/q+1. The monoisotopic (exact) mass is 219 g/mol. The van der Waals surface area contributed by atoms with Gasteiger partial charge >= 0.3 is 0 Å². The molecule has 1 aromatic heterocycles. The Balaban J connectivity index is 2.24. The molecule has 0 bridgehead atoms. The topological polar surface area (TPSA) is 16.8 Å². The summed E-state index contributed by atoms with van der Waals surface area (Å²) in [6.45, 7) is 0.839. The van der Waals surface area contributed by atoms with Gasteiger partial charge < -0.3 is 0 Å². The molecule has 3 heteroatoms. The molecule has 0 N–H and O–H groups in total. The van der Waals surface area contributed by atoms with Crippen molar-refractivity contribution in [1.82, 2.24) is 4.98 Å². The molecule has 2 rings (SSSR count). The first-order valence-electron chi connectivity index (χ1n) is 4.82. The molecule has 0 spiro atoms. The maximum absolute atomic E-state index is 5.84. The minimum absolute atomic E-state index is 0.487. The van der Waals surface area contributed by atoms with E-state index in [1.165, 1.54) is 5.56 Å². The number of hydrogen-bond acceptors (Lipinski definition) is 1. The highest BCUT2D eigenvalue weighted by molar-refractivity contribution is 6.16. The quantitative estimate of drug-likeness (QED) is 0.571. The van der Waals surface area contributed by atoms with Crippen LogP contribution in [0.2, 0.25) is 0 Å². The normalized spacial score (nSPS) is 10.2. The molecule has 0 unspecified atom stereocenters. The van der Waals surface area contributed by atoms with Gasteiger partial charge in [-0.05, 0) is 0 Å². The smallest absolute Gasteiger partial charge is 0.214 e. The van der Waals surface area contributed by atoms with E-state index >= 15 is 0 Å². The van der Waals surface area contributed by atoms with E-state index < -0.39 is 0 Å². The van der Waals surface area contributed by atoms with E-state index in [1.807, 2.05) is 24.4 Å². The fraction of sp³-hybridized carbons (Fsp3) is 0.167. The summed E-state index contributed by atoms with van der Waals surface area (Å²) in [7, 11) is 0. The second kappa shape index (κ2) is 4.89. The molecule has 76 valence electrons. The van der Waals surface area contributed by atoms with E-state index in [4.69, 9.17) is 11.6 Å². The summed E-state index contributed by atoms with van der Waals surface area (Å²) >= 11 is 5.84. The Morgan fingerprint density at radius 3 is 2.73 bits per heavy atom. The lowest BCUT2D eigenvalue weighted by Crippen LogP contribution is -2.38. The van der Waals surface area contributed by atoms with E-state index in [-0.39, 0.29) is 0 Å². The van der Waals surface area contributed by atoms with Gasteiger partial charge in [0.25, 0.3) is 0 Å². The van der Waals surface area contributed by atoms with Crippen LogP contribution in [0.15, 0.2) is 48.9 Å². The van der Waals surface area contributed by atoms with Gasteiger partial charge in [-0.3, -0.25) is 4.98 Å². The fourth-order valence-corrected chi connectivity index (χ4v) is 1.69. The van der Waals surface area contributed by atoms with Gasteiger partial charge in [0.2, 0.25) is 5.69 Å². The largest absolute Gasteiger partial charge is 0.252 e. The number of halogens is 1. The minimum atomic E-state index is 0.487. The average molecular weight is 220 g/mol. The van der Waals surface area contributed by atoms with Gasteiger partial charge in [-0.25, -0.2) is 0 Å². The molecule has 0 atom stereocenters. The van der Waals surface area contributed by atoms with Gasteiger partial charge in [-0.1, -0.05) is 30.3 Å². The van der Waals surface area contributed by atoms with Gasteiger partial charge in [0.1, 0.15) is 5.88 Å².